The zero-order valence-electron chi connectivity index (χ0n) is 51.1. The van der Waals surface area contributed by atoms with Crippen LogP contribution in [0.4, 0.5) is 0 Å². The summed E-state index contributed by atoms with van der Waals surface area (Å²) in [4.78, 5) is 24.6. The summed E-state index contributed by atoms with van der Waals surface area (Å²) in [5, 5.41) is 23.3. The van der Waals surface area contributed by atoms with Gasteiger partial charge in [-0.2, -0.15) is 0 Å². The second kappa shape index (κ2) is 65.1. The molecular formula is C69H135NO5. The lowest BCUT2D eigenvalue weighted by atomic mass is 10.0. The van der Waals surface area contributed by atoms with Gasteiger partial charge in [-0.15, -0.1) is 0 Å². The topological polar surface area (TPSA) is 95.9 Å². The number of amides is 1. The van der Waals surface area contributed by atoms with Crippen LogP contribution in [-0.2, 0) is 14.3 Å². The third-order valence-corrected chi connectivity index (χ3v) is 16.3. The van der Waals surface area contributed by atoms with E-state index in [4.69, 9.17) is 4.74 Å². The van der Waals surface area contributed by atoms with Crippen molar-refractivity contribution in [3.8, 4) is 0 Å². The quantitative estimate of drug-likeness (QED) is 0.0320. The average Bonchev–Trinajstić information content (AvgIpc) is 3.41. The lowest BCUT2D eigenvalue weighted by Gasteiger charge is -2.20. The van der Waals surface area contributed by atoms with Gasteiger partial charge in [0, 0.05) is 12.8 Å². The number of ether oxygens (including phenoxy) is 1. The molecule has 0 saturated carbocycles. The monoisotopic (exact) mass is 1060 g/mol. The van der Waals surface area contributed by atoms with E-state index in [-0.39, 0.29) is 18.5 Å². The maximum Gasteiger partial charge on any atom is 0.305 e. The number of allylic oxidation sites excluding steroid dienone is 1. The van der Waals surface area contributed by atoms with E-state index in [1.165, 1.54) is 321 Å². The van der Waals surface area contributed by atoms with Gasteiger partial charge in [0.1, 0.15) is 0 Å². The Bertz CT molecular complexity index is 1130. The highest BCUT2D eigenvalue weighted by Crippen LogP contribution is 2.19. The maximum absolute atomic E-state index is 12.5. The first-order valence-electron chi connectivity index (χ1n) is 34.5. The van der Waals surface area contributed by atoms with Gasteiger partial charge in [0.2, 0.25) is 5.91 Å². The van der Waals surface area contributed by atoms with Gasteiger partial charge >= 0.3 is 5.97 Å². The molecule has 0 spiro atoms. The molecule has 0 rings (SSSR count). The van der Waals surface area contributed by atoms with E-state index < -0.39 is 12.1 Å². The zero-order chi connectivity index (χ0) is 54.3. The Hall–Kier alpha value is -1.40. The van der Waals surface area contributed by atoms with Crippen molar-refractivity contribution in [2.45, 2.75) is 405 Å². The summed E-state index contributed by atoms with van der Waals surface area (Å²) in [5.41, 5.74) is 0. The molecule has 2 atom stereocenters. The van der Waals surface area contributed by atoms with Crippen LogP contribution in [0.5, 0.6) is 0 Å². The Morgan fingerprint density at radius 1 is 0.360 bits per heavy atom. The fourth-order valence-corrected chi connectivity index (χ4v) is 11.1. The molecule has 0 radical (unpaired) electrons. The van der Waals surface area contributed by atoms with E-state index >= 15 is 0 Å². The summed E-state index contributed by atoms with van der Waals surface area (Å²) < 4.78 is 5.50. The SMILES string of the molecule is CCCCCCCCCCCCCCCCCCCCCCCCC/C=C/C(O)C(CO)NC(=O)CCCCCCCCCCCCCCCCCOC(=O)CCCCCCCCCCCCCCCCCCCC. The van der Waals surface area contributed by atoms with E-state index in [2.05, 4.69) is 19.2 Å². The lowest BCUT2D eigenvalue weighted by Crippen LogP contribution is -2.45. The molecular weight excluding hydrogens is 923 g/mol. The van der Waals surface area contributed by atoms with Gasteiger partial charge < -0.3 is 20.3 Å². The summed E-state index contributed by atoms with van der Waals surface area (Å²) in [6.07, 6.45) is 79.9. The fourth-order valence-electron chi connectivity index (χ4n) is 11.1. The van der Waals surface area contributed by atoms with Crippen LogP contribution in [0, 0.1) is 0 Å². The minimum atomic E-state index is -0.851. The van der Waals surface area contributed by atoms with Crippen molar-refractivity contribution in [3.05, 3.63) is 12.2 Å². The Labute approximate surface area is 469 Å². The van der Waals surface area contributed by atoms with Gasteiger partial charge in [-0.3, -0.25) is 9.59 Å². The molecule has 0 saturated heterocycles. The van der Waals surface area contributed by atoms with Crippen molar-refractivity contribution in [1.29, 1.82) is 0 Å². The lowest BCUT2D eigenvalue weighted by molar-refractivity contribution is -0.143. The highest BCUT2D eigenvalue weighted by molar-refractivity contribution is 5.76. The summed E-state index contributed by atoms with van der Waals surface area (Å²) in [6, 6.07) is -0.635. The molecule has 0 aromatic heterocycles. The number of hydrogen-bond donors (Lipinski definition) is 3. The van der Waals surface area contributed by atoms with Crippen LogP contribution >= 0.6 is 0 Å². The van der Waals surface area contributed by atoms with Crippen LogP contribution in [-0.4, -0.2) is 47.4 Å². The van der Waals surface area contributed by atoms with Crippen molar-refractivity contribution in [2.75, 3.05) is 13.2 Å². The van der Waals surface area contributed by atoms with Gasteiger partial charge in [0.25, 0.3) is 0 Å². The maximum atomic E-state index is 12.5. The number of aliphatic hydroxyl groups excluding tert-OH is 2. The molecule has 0 aromatic carbocycles. The molecule has 6 nitrogen and oxygen atoms in total. The summed E-state index contributed by atoms with van der Waals surface area (Å²) in [6.45, 7) is 4.93. The molecule has 0 aliphatic rings. The van der Waals surface area contributed by atoms with Crippen molar-refractivity contribution in [2.24, 2.45) is 0 Å². The predicted octanol–water partition coefficient (Wildman–Crippen LogP) is 22.0. The molecule has 0 fully saturated rings. The minimum Gasteiger partial charge on any atom is -0.466 e. The van der Waals surface area contributed by atoms with Crippen molar-refractivity contribution >= 4 is 11.9 Å². The molecule has 1 amide bonds. The Morgan fingerprint density at radius 2 is 0.613 bits per heavy atom. The summed E-state index contributed by atoms with van der Waals surface area (Å²) in [5.74, 6) is -0.0658. The third kappa shape index (κ3) is 61.7. The molecule has 0 bridgehead atoms. The first kappa shape index (κ1) is 73.6. The third-order valence-electron chi connectivity index (χ3n) is 16.3. The highest BCUT2D eigenvalue weighted by atomic mass is 16.5. The van der Waals surface area contributed by atoms with Gasteiger partial charge in [-0.05, 0) is 32.1 Å². The van der Waals surface area contributed by atoms with Crippen molar-refractivity contribution < 1.29 is 24.5 Å². The van der Waals surface area contributed by atoms with E-state index in [0.29, 0.717) is 19.4 Å². The first-order valence-corrected chi connectivity index (χ1v) is 34.5. The molecule has 75 heavy (non-hydrogen) atoms. The summed E-state index contributed by atoms with van der Waals surface area (Å²) in [7, 11) is 0. The van der Waals surface area contributed by atoms with Crippen LogP contribution in [0.25, 0.3) is 0 Å². The normalized spacial score (nSPS) is 12.5. The Morgan fingerprint density at radius 3 is 0.907 bits per heavy atom. The minimum absolute atomic E-state index is 0.00541. The van der Waals surface area contributed by atoms with Gasteiger partial charge in [0.05, 0.1) is 25.4 Å². The second-order valence-electron chi connectivity index (χ2n) is 23.9. The second-order valence-corrected chi connectivity index (χ2v) is 23.9. The molecule has 0 heterocycles. The van der Waals surface area contributed by atoms with E-state index in [0.717, 1.165) is 44.9 Å². The van der Waals surface area contributed by atoms with Crippen molar-refractivity contribution in [3.63, 3.8) is 0 Å². The number of rotatable bonds is 65. The molecule has 3 N–H and O–H groups in total. The Kier molecular flexibility index (Phi) is 63.9. The molecule has 0 aliphatic heterocycles. The van der Waals surface area contributed by atoms with Crippen LogP contribution in [0.2, 0.25) is 0 Å². The molecule has 446 valence electrons. The Balaban J connectivity index is 3.43. The number of carbonyl (C=O) groups excluding carboxylic acids is 2. The van der Waals surface area contributed by atoms with Gasteiger partial charge in [-0.1, -0.05) is 360 Å². The average molecular weight is 1060 g/mol. The largest absolute Gasteiger partial charge is 0.466 e. The standard InChI is InChI=1S/C69H135NO5/c1-3-5-7-9-11-13-15-17-19-21-23-24-25-26-27-28-29-30-33-37-41-45-49-53-57-61-67(72)66(65-71)70-68(73)62-58-54-50-46-42-38-34-32-36-40-44-48-52-56-60-64-75-69(74)63-59-55-51-47-43-39-35-31-22-20-18-16-14-12-10-8-6-4-2/h57,61,66-67,71-72H,3-56,58-60,62-65H2,1-2H3,(H,70,73)/b61-57+. The van der Waals surface area contributed by atoms with E-state index in [1.54, 1.807) is 6.08 Å². The number of unbranched alkanes of at least 4 members (excludes halogenated alkanes) is 54. The molecule has 2 unspecified atom stereocenters. The molecule has 0 aliphatic carbocycles. The smallest absolute Gasteiger partial charge is 0.305 e. The number of hydrogen-bond acceptors (Lipinski definition) is 5. The number of aliphatic hydroxyl groups is 2. The number of carbonyl (C=O) groups is 2. The first-order chi connectivity index (χ1) is 37.0. The van der Waals surface area contributed by atoms with Gasteiger partial charge in [-0.25, -0.2) is 0 Å². The molecule has 0 aromatic rings. The van der Waals surface area contributed by atoms with Crippen LogP contribution in [0.15, 0.2) is 12.2 Å². The van der Waals surface area contributed by atoms with Crippen LogP contribution in [0.3, 0.4) is 0 Å². The fraction of sp³-hybridized carbons (Fsp3) is 0.942. The van der Waals surface area contributed by atoms with E-state index in [9.17, 15) is 19.8 Å². The number of nitrogens with one attached hydrogen (secondary N) is 1. The number of esters is 1. The van der Waals surface area contributed by atoms with Crippen LogP contribution < -0.4 is 5.32 Å². The summed E-state index contributed by atoms with van der Waals surface area (Å²) >= 11 is 0. The van der Waals surface area contributed by atoms with Crippen LogP contribution in [0.1, 0.15) is 393 Å². The predicted molar refractivity (Wildman–Crippen MR) is 329 cm³/mol. The zero-order valence-corrected chi connectivity index (χ0v) is 51.1. The van der Waals surface area contributed by atoms with E-state index in [1.807, 2.05) is 6.08 Å². The molecule has 6 heteroatoms. The highest BCUT2D eigenvalue weighted by Gasteiger charge is 2.18. The van der Waals surface area contributed by atoms with Gasteiger partial charge in [0.15, 0.2) is 0 Å². The van der Waals surface area contributed by atoms with Crippen molar-refractivity contribution in [1.82, 2.24) is 5.32 Å².